The molecule has 0 radical (unpaired) electrons. The molecule has 0 bridgehead atoms. The van der Waals surface area contributed by atoms with Gasteiger partial charge in [0.15, 0.2) is 5.16 Å². The molecule has 3 N–H and O–H groups in total. The van der Waals surface area contributed by atoms with Crippen LogP contribution in [0.5, 0.6) is 0 Å². The summed E-state index contributed by atoms with van der Waals surface area (Å²) in [6.45, 7) is 4.26. The van der Waals surface area contributed by atoms with E-state index in [4.69, 9.17) is 5.11 Å². The van der Waals surface area contributed by atoms with Crippen molar-refractivity contribution in [1.29, 1.82) is 0 Å². The molecular weight excluding hydrogens is 272 g/mol. The molecule has 0 aliphatic heterocycles. The van der Waals surface area contributed by atoms with Crippen molar-refractivity contribution in [2.24, 2.45) is 0 Å². The molecule has 5 nitrogen and oxygen atoms in total. The van der Waals surface area contributed by atoms with Gasteiger partial charge in [0.05, 0.1) is 0 Å². The number of nitrogens with zero attached hydrogens (tertiary/aromatic N) is 2. The van der Waals surface area contributed by atoms with Gasteiger partial charge in [-0.1, -0.05) is 31.5 Å². The maximum absolute atomic E-state index is 8.72. The van der Waals surface area contributed by atoms with Gasteiger partial charge in [0.1, 0.15) is 11.6 Å². The smallest absolute Gasteiger partial charge is 0.191 e. The van der Waals surface area contributed by atoms with Gasteiger partial charge >= 0.3 is 0 Å². The predicted molar refractivity (Wildman–Crippen MR) is 86.6 cm³/mol. The molecule has 0 aliphatic rings. The van der Waals surface area contributed by atoms with Crippen molar-refractivity contribution in [3.05, 3.63) is 6.07 Å². The van der Waals surface area contributed by atoms with Gasteiger partial charge < -0.3 is 15.7 Å². The van der Waals surface area contributed by atoms with Crippen LogP contribution in [0.15, 0.2) is 11.2 Å². The third-order valence-electron chi connectivity index (χ3n) is 2.84. The number of unbranched alkanes of at least 4 members (excludes halogenated alkanes) is 3. The minimum atomic E-state index is 0.295. The van der Waals surface area contributed by atoms with E-state index in [1.165, 1.54) is 0 Å². The van der Waals surface area contributed by atoms with E-state index in [9.17, 15) is 0 Å². The van der Waals surface area contributed by atoms with E-state index in [1.807, 2.05) is 12.3 Å². The Labute approximate surface area is 126 Å². The lowest BCUT2D eigenvalue weighted by Gasteiger charge is -2.10. The zero-order valence-corrected chi connectivity index (χ0v) is 13.3. The van der Waals surface area contributed by atoms with E-state index in [-0.39, 0.29) is 0 Å². The van der Waals surface area contributed by atoms with Crippen LogP contribution in [0.2, 0.25) is 0 Å². The number of hydrogen-bond donors (Lipinski definition) is 3. The number of aliphatic hydroxyl groups is 1. The van der Waals surface area contributed by atoms with E-state index < -0.39 is 0 Å². The van der Waals surface area contributed by atoms with Gasteiger partial charge in [-0.3, -0.25) is 0 Å². The Balaban J connectivity index is 2.42. The first-order valence-electron chi connectivity index (χ1n) is 7.31. The number of aliphatic hydroxyl groups excluding tert-OH is 1. The van der Waals surface area contributed by atoms with Crippen molar-refractivity contribution in [1.82, 2.24) is 9.97 Å². The largest absolute Gasteiger partial charge is 0.396 e. The molecular formula is C14H26N4OS. The first-order valence-corrected chi connectivity index (χ1v) is 8.54. The summed E-state index contributed by atoms with van der Waals surface area (Å²) in [5.41, 5.74) is 0. The highest BCUT2D eigenvalue weighted by Gasteiger charge is 2.03. The molecule has 0 fully saturated rings. The molecule has 0 aliphatic carbocycles. The number of rotatable bonds is 11. The van der Waals surface area contributed by atoms with Crippen LogP contribution in [0, 0.1) is 0 Å². The fraction of sp³-hybridized carbons (Fsp3) is 0.714. The predicted octanol–water partition coefficient (Wildman–Crippen LogP) is 2.99. The quantitative estimate of drug-likeness (QED) is 0.331. The monoisotopic (exact) mass is 298 g/mol. The normalized spacial score (nSPS) is 10.6. The van der Waals surface area contributed by atoms with Gasteiger partial charge in [-0.15, -0.1) is 0 Å². The highest BCUT2D eigenvalue weighted by molar-refractivity contribution is 7.98. The van der Waals surface area contributed by atoms with Crippen LogP contribution in [-0.4, -0.2) is 41.0 Å². The maximum Gasteiger partial charge on any atom is 0.191 e. The Hall–Kier alpha value is -1.01. The SMILES string of the molecule is CCCNc1cc(NCCCCCCO)nc(SC)n1. The van der Waals surface area contributed by atoms with Crippen molar-refractivity contribution in [2.45, 2.75) is 44.2 Å². The Morgan fingerprint density at radius 3 is 2.30 bits per heavy atom. The summed E-state index contributed by atoms with van der Waals surface area (Å²) in [5, 5.41) is 16.1. The van der Waals surface area contributed by atoms with E-state index in [0.717, 1.165) is 62.0 Å². The van der Waals surface area contributed by atoms with Crippen LogP contribution >= 0.6 is 11.8 Å². The fourth-order valence-corrected chi connectivity index (χ4v) is 2.14. The van der Waals surface area contributed by atoms with Crippen LogP contribution in [0.1, 0.15) is 39.0 Å². The zero-order chi connectivity index (χ0) is 14.6. The molecule has 6 heteroatoms. The van der Waals surface area contributed by atoms with Gasteiger partial charge in [0, 0.05) is 25.8 Å². The summed E-state index contributed by atoms with van der Waals surface area (Å²) >= 11 is 1.55. The molecule has 0 atom stereocenters. The fourth-order valence-electron chi connectivity index (χ4n) is 1.76. The summed E-state index contributed by atoms with van der Waals surface area (Å²) < 4.78 is 0. The second kappa shape index (κ2) is 10.7. The average molecular weight is 298 g/mol. The molecule has 114 valence electrons. The van der Waals surface area contributed by atoms with Crippen LogP contribution < -0.4 is 10.6 Å². The van der Waals surface area contributed by atoms with Gasteiger partial charge in [-0.25, -0.2) is 9.97 Å². The molecule has 0 amide bonds. The summed E-state index contributed by atoms with van der Waals surface area (Å²) in [7, 11) is 0. The molecule has 0 saturated carbocycles. The van der Waals surface area contributed by atoms with Crippen LogP contribution in [0.3, 0.4) is 0 Å². The Morgan fingerprint density at radius 2 is 1.70 bits per heavy atom. The summed E-state index contributed by atoms with van der Waals surface area (Å²) in [6, 6.07) is 1.96. The Kier molecular flexibility index (Phi) is 9.15. The second-order valence-corrected chi connectivity index (χ2v) is 5.39. The zero-order valence-electron chi connectivity index (χ0n) is 12.5. The molecule has 1 heterocycles. The number of nitrogens with one attached hydrogen (secondary N) is 2. The van der Waals surface area contributed by atoms with Crippen molar-refractivity contribution >= 4 is 23.4 Å². The first-order chi connectivity index (χ1) is 9.80. The number of anilines is 2. The average Bonchev–Trinajstić information content (AvgIpc) is 2.48. The molecule has 20 heavy (non-hydrogen) atoms. The maximum atomic E-state index is 8.72. The highest BCUT2D eigenvalue weighted by Crippen LogP contribution is 2.17. The van der Waals surface area contributed by atoms with Crippen LogP contribution in [0.4, 0.5) is 11.6 Å². The van der Waals surface area contributed by atoms with Crippen LogP contribution in [-0.2, 0) is 0 Å². The van der Waals surface area contributed by atoms with Crippen molar-refractivity contribution in [3.8, 4) is 0 Å². The lowest BCUT2D eigenvalue weighted by atomic mass is 10.2. The van der Waals surface area contributed by atoms with Gasteiger partial charge in [0.2, 0.25) is 0 Å². The second-order valence-electron chi connectivity index (χ2n) is 4.62. The third kappa shape index (κ3) is 6.96. The van der Waals surface area contributed by atoms with Gasteiger partial charge in [-0.2, -0.15) is 0 Å². The van der Waals surface area contributed by atoms with Crippen molar-refractivity contribution in [2.75, 3.05) is 36.6 Å². The molecule has 0 spiro atoms. The van der Waals surface area contributed by atoms with Gasteiger partial charge in [-0.05, 0) is 25.5 Å². The molecule has 1 aromatic heterocycles. The van der Waals surface area contributed by atoms with Crippen molar-refractivity contribution < 1.29 is 5.11 Å². The lowest BCUT2D eigenvalue weighted by molar-refractivity contribution is 0.283. The van der Waals surface area contributed by atoms with Crippen molar-refractivity contribution in [3.63, 3.8) is 0 Å². The molecule has 0 unspecified atom stereocenters. The topological polar surface area (TPSA) is 70.1 Å². The molecule has 0 aromatic carbocycles. The summed E-state index contributed by atoms with van der Waals surface area (Å²) in [6.07, 6.45) is 7.27. The van der Waals surface area contributed by atoms with E-state index in [1.54, 1.807) is 11.8 Å². The molecule has 1 aromatic rings. The summed E-state index contributed by atoms with van der Waals surface area (Å²) in [5.74, 6) is 1.76. The van der Waals surface area contributed by atoms with Gasteiger partial charge in [0.25, 0.3) is 0 Å². The van der Waals surface area contributed by atoms with Crippen LogP contribution in [0.25, 0.3) is 0 Å². The highest BCUT2D eigenvalue weighted by atomic mass is 32.2. The van der Waals surface area contributed by atoms with E-state index >= 15 is 0 Å². The minimum Gasteiger partial charge on any atom is -0.396 e. The first kappa shape index (κ1) is 17.0. The van der Waals surface area contributed by atoms with E-state index in [0.29, 0.717) is 6.61 Å². The number of aromatic nitrogens is 2. The lowest BCUT2D eigenvalue weighted by Crippen LogP contribution is -2.08. The Bertz CT molecular complexity index is 376. The standard InChI is InChI=1S/C14H26N4OS/c1-3-8-15-12-11-13(18-14(17-12)20-2)16-9-6-4-5-7-10-19/h11,19H,3-10H2,1-2H3,(H2,15,16,17,18). The third-order valence-corrected chi connectivity index (χ3v) is 3.38. The Morgan fingerprint density at radius 1 is 1.05 bits per heavy atom. The minimum absolute atomic E-state index is 0.295. The number of hydrogen-bond acceptors (Lipinski definition) is 6. The molecule has 0 saturated heterocycles. The molecule has 1 rings (SSSR count). The summed E-state index contributed by atoms with van der Waals surface area (Å²) in [4.78, 5) is 8.89. The van der Waals surface area contributed by atoms with E-state index in [2.05, 4.69) is 27.5 Å². The number of thioether (sulfide) groups is 1.